The average Bonchev–Trinajstić information content (AvgIpc) is 2.68. The van der Waals surface area contributed by atoms with Crippen LogP contribution in [0.15, 0.2) is 67.1 Å². The van der Waals surface area contributed by atoms with E-state index in [1.807, 2.05) is 12.1 Å². The SMILES string of the molecule is CC(C)c1ccc(COc2ccc(C(=O)Cc3ccncn3)cc2)cc1. The number of Topliss-reactive ketones (excluding diaryl/α,β-unsaturated/α-hetero) is 1. The molecule has 0 fully saturated rings. The fraction of sp³-hybridized carbons (Fsp3) is 0.227. The fourth-order valence-corrected chi connectivity index (χ4v) is 2.59. The topological polar surface area (TPSA) is 52.1 Å². The van der Waals surface area contributed by atoms with E-state index in [-0.39, 0.29) is 12.2 Å². The largest absolute Gasteiger partial charge is 0.489 e. The lowest BCUT2D eigenvalue weighted by Gasteiger charge is -2.09. The van der Waals surface area contributed by atoms with Gasteiger partial charge in [0.25, 0.3) is 0 Å². The molecule has 3 aromatic rings. The van der Waals surface area contributed by atoms with Crippen LogP contribution in [0.1, 0.15) is 46.9 Å². The quantitative estimate of drug-likeness (QED) is 0.587. The Kier molecular flexibility index (Phi) is 5.74. The molecule has 0 saturated heterocycles. The maximum absolute atomic E-state index is 12.3. The zero-order valence-corrected chi connectivity index (χ0v) is 15.1. The normalized spacial score (nSPS) is 10.7. The number of ketones is 1. The smallest absolute Gasteiger partial charge is 0.168 e. The lowest BCUT2D eigenvalue weighted by Crippen LogP contribution is -2.05. The number of carbonyl (C=O) groups excluding carboxylic acids is 1. The summed E-state index contributed by atoms with van der Waals surface area (Å²) in [5.41, 5.74) is 3.81. The molecule has 1 aromatic heterocycles. The van der Waals surface area contributed by atoms with Crippen LogP contribution in [0, 0.1) is 0 Å². The summed E-state index contributed by atoms with van der Waals surface area (Å²) in [7, 11) is 0. The van der Waals surface area contributed by atoms with Gasteiger partial charge in [0, 0.05) is 11.8 Å². The summed E-state index contributed by atoms with van der Waals surface area (Å²) in [5.74, 6) is 1.30. The summed E-state index contributed by atoms with van der Waals surface area (Å²) in [6.07, 6.45) is 3.36. The fourth-order valence-electron chi connectivity index (χ4n) is 2.59. The van der Waals surface area contributed by atoms with Crippen LogP contribution < -0.4 is 4.74 Å². The third-order valence-corrected chi connectivity index (χ3v) is 4.21. The lowest BCUT2D eigenvalue weighted by atomic mass is 10.0. The van der Waals surface area contributed by atoms with Crippen molar-refractivity contribution in [1.82, 2.24) is 9.97 Å². The van der Waals surface area contributed by atoms with Crippen LogP contribution in [-0.4, -0.2) is 15.8 Å². The first-order valence-electron chi connectivity index (χ1n) is 8.71. The van der Waals surface area contributed by atoms with E-state index in [9.17, 15) is 4.79 Å². The Morgan fingerprint density at radius 1 is 1.00 bits per heavy atom. The molecule has 0 aliphatic carbocycles. The van der Waals surface area contributed by atoms with Crippen molar-refractivity contribution in [3.05, 3.63) is 89.5 Å². The van der Waals surface area contributed by atoms with Gasteiger partial charge >= 0.3 is 0 Å². The number of hydrogen-bond acceptors (Lipinski definition) is 4. The molecule has 0 spiro atoms. The highest BCUT2D eigenvalue weighted by Gasteiger charge is 2.08. The first-order chi connectivity index (χ1) is 12.6. The molecule has 132 valence electrons. The van der Waals surface area contributed by atoms with Gasteiger partial charge in [-0.15, -0.1) is 0 Å². The minimum Gasteiger partial charge on any atom is -0.489 e. The predicted octanol–water partition coefficient (Wildman–Crippen LogP) is 4.60. The zero-order chi connectivity index (χ0) is 18.4. The molecule has 4 heteroatoms. The Hall–Kier alpha value is -3.01. The van der Waals surface area contributed by atoms with Gasteiger partial charge in [0.1, 0.15) is 18.7 Å². The van der Waals surface area contributed by atoms with Gasteiger partial charge in [0.2, 0.25) is 0 Å². The van der Waals surface area contributed by atoms with E-state index in [0.717, 1.165) is 17.0 Å². The number of benzene rings is 2. The number of hydrogen-bond donors (Lipinski definition) is 0. The number of aromatic nitrogens is 2. The molecule has 0 aliphatic heterocycles. The van der Waals surface area contributed by atoms with Gasteiger partial charge in [-0.3, -0.25) is 4.79 Å². The molecule has 0 radical (unpaired) electrons. The minimum atomic E-state index is 0.0273. The van der Waals surface area contributed by atoms with E-state index in [0.29, 0.717) is 18.1 Å². The molecule has 26 heavy (non-hydrogen) atoms. The van der Waals surface area contributed by atoms with Crippen LogP contribution in [0.25, 0.3) is 0 Å². The van der Waals surface area contributed by atoms with Gasteiger partial charge in [-0.25, -0.2) is 9.97 Å². The Labute approximate surface area is 153 Å². The standard InChI is InChI=1S/C22H22N2O2/c1-16(2)18-5-3-17(4-6-18)14-26-21-9-7-19(8-10-21)22(25)13-20-11-12-23-15-24-20/h3-12,15-16H,13-14H2,1-2H3. The molecule has 0 bridgehead atoms. The predicted molar refractivity (Wildman–Crippen MR) is 101 cm³/mol. The van der Waals surface area contributed by atoms with E-state index in [1.165, 1.54) is 11.9 Å². The Morgan fingerprint density at radius 2 is 1.73 bits per heavy atom. The molecule has 1 heterocycles. The van der Waals surface area contributed by atoms with Crippen molar-refractivity contribution >= 4 is 5.78 Å². The van der Waals surface area contributed by atoms with Crippen molar-refractivity contribution in [3.8, 4) is 5.75 Å². The van der Waals surface area contributed by atoms with Crippen LogP contribution >= 0.6 is 0 Å². The second-order valence-corrected chi connectivity index (χ2v) is 6.51. The van der Waals surface area contributed by atoms with E-state index in [1.54, 1.807) is 24.4 Å². The van der Waals surface area contributed by atoms with Crippen LogP contribution in [0.5, 0.6) is 5.75 Å². The first-order valence-corrected chi connectivity index (χ1v) is 8.71. The van der Waals surface area contributed by atoms with Gasteiger partial charge in [-0.2, -0.15) is 0 Å². The molecule has 0 aliphatic rings. The molecule has 0 unspecified atom stereocenters. The molecule has 2 aromatic carbocycles. The molecule has 0 saturated carbocycles. The Bertz CT molecular complexity index is 842. The first kappa shape index (κ1) is 17.8. The van der Waals surface area contributed by atoms with Crippen LogP contribution in [0.3, 0.4) is 0 Å². The third-order valence-electron chi connectivity index (χ3n) is 4.21. The second kappa shape index (κ2) is 8.39. The molecule has 4 nitrogen and oxygen atoms in total. The molecule has 3 rings (SSSR count). The van der Waals surface area contributed by atoms with Crippen molar-refractivity contribution in [1.29, 1.82) is 0 Å². The Morgan fingerprint density at radius 3 is 2.35 bits per heavy atom. The summed E-state index contributed by atoms with van der Waals surface area (Å²) >= 11 is 0. The van der Waals surface area contributed by atoms with Gasteiger partial charge < -0.3 is 4.74 Å². The summed E-state index contributed by atoms with van der Waals surface area (Å²) in [4.78, 5) is 20.2. The average molecular weight is 346 g/mol. The Balaban J connectivity index is 1.56. The lowest BCUT2D eigenvalue weighted by molar-refractivity contribution is 0.0992. The number of ether oxygens (including phenoxy) is 1. The van der Waals surface area contributed by atoms with Crippen molar-refractivity contribution in [3.63, 3.8) is 0 Å². The van der Waals surface area contributed by atoms with Crippen LogP contribution in [-0.2, 0) is 13.0 Å². The molecular weight excluding hydrogens is 324 g/mol. The molecule has 0 amide bonds. The van der Waals surface area contributed by atoms with Crippen LogP contribution in [0.4, 0.5) is 0 Å². The number of carbonyl (C=O) groups is 1. The zero-order valence-electron chi connectivity index (χ0n) is 15.1. The van der Waals surface area contributed by atoms with Crippen molar-refractivity contribution in [2.75, 3.05) is 0 Å². The minimum absolute atomic E-state index is 0.0273. The highest BCUT2D eigenvalue weighted by molar-refractivity contribution is 5.97. The van der Waals surface area contributed by atoms with Gasteiger partial charge in [0.05, 0.1) is 12.1 Å². The molecule has 0 atom stereocenters. The van der Waals surface area contributed by atoms with E-state index >= 15 is 0 Å². The van der Waals surface area contributed by atoms with Crippen LogP contribution in [0.2, 0.25) is 0 Å². The van der Waals surface area contributed by atoms with E-state index in [2.05, 4.69) is 48.1 Å². The maximum Gasteiger partial charge on any atom is 0.168 e. The van der Waals surface area contributed by atoms with Gasteiger partial charge in [-0.1, -0.05) is 38.1 Å². The monoisotopic (exact) mass is 346 g/mol. The number of nitrogens with zero attached hydrogens (tertiary/aromatic N) is 2. The highest BCUT2D eigenvalue weighted by Crippen LogP contribution is 2.18. The summed E-state index contributed by atoms with van der Waals surface area (Å²) in [5, 5.41) is 0. The molecular formula is C22H22N2O2. The summed E-state index contributed by atoms with van der Waals surface area (Å²) in [6.45, 7) is 4.87. The molecule has 0 N–H and O–H groups in total. The van der Waals surface area contributed by atoms with Crippen molar-refractivity contribution in [2.45, 2.75) is 32.8 Å². The van der Waals surface area contributed by atoms with Crippen molar-refractivity contribution in [2.24, 2.45) is 0 Å². The van der Waals surface area contributed by atoms with Gasteiger partial charge in [-0.05, 0) is 47.4 Å². The highest BCUT2D eigenvalue weighted by atomic mass is 16.5. The number of rotatable bonds is 7. The van der Waals surface area contributed by atoms with E-state index in [4.69, 9.17) is 4.74 Å². The van der Waals surface area contributed by atoms with E-state index < -0.39 is 0 Å². The van der Waals surface area contributed by atoms with Gasteiger partial charge in [0.15, 0.2) is 5.78 Å². The van der Waals surface area contributed by atoms with Crippen molar-refractivity contribution < 1.29 is 9.53 Å². The summed E-state index contributed by atoms with van der Waals surface area (Å²) < 4.78 is 5.81. The second-order valence-electron chi connectivity index (χ2n) is 6.51. The maximum atomic E-state index is 12.3. The summed E-state index contributed by atoms with van der Waals surface area (Å²) in [6, 6.07) is 17.5. The third kappa shape index (κ3) is 4.76.